The van der Waals surface area contributed by atoms with E-state index in [2.05, 4.69) is 11.0 Å². The Hall–Kier alpha value is -0.550. The minimum atomic E-state index is -0.0174. The lowest BCUT2D eigenvalue weighted by molar-refractivity contribution is 0.0902. The number of rotatable bonds is 1. The average Bonchev–Trinajstić information content (AvgIpc) is 2.39. The molecule has 1 aliphatic heterocycles. The lowest BCUT2D eigenvalue weighted by Gasteiger charge is -2.42. The standard InChI is InChI=1S/C9H14N2/c10-8-9(4-3-5-9)11-6-1-2-7-11/h1-7H2. The van der Waals surface area contributed by atoms with Crippen molar-refractivity contribution < 1.29 is 0 Å². The van der Waals surface area contributed by atoms with Crippen molar-refractivity contribution in [3.05, 3.63) is 0 Å². The Morgan fingerprint density at radius 3 is 2.09 bits per heavy atom. The summed E-state index contributed by atoms with van der Waals surface area (Å²) < 4.78 is 0. The van der Waals surface area contributed by atoms with E-state index < -0.39 is 0 Å². The molecule has 1 aliphatic carbocycles. The van der Waals surface area contributed by atoms with Crippen LogP contribution in [0.4, 0.5) is 0 Å². The lowest BCUT2D eigenvalue weighted by atomic mass is 9.77. The van der Waals surface area contributed by atoms with Crippen molar-refractivity contribution in [2.24, 2.45) is 0 Å². The summed E-state index contributed by atoms with van der Waals surface area (Å²) in [7, 11) is 0. The molecule has 2 nitrogen and oxygen atoms in total. The molecular weight excluding hydrogens is 136 g/mol. The minimum Gasteiger partial charge on any atom is -0.286 e. The van der Waals surface area contributed by atoms with Gasteiger partial charge >= 0.3 is 0 Å². The Morgan fingerprint density at radius 1 is 1.09 bits per heavy atom. The highest BCUT2D eigenvalue weighted by molar-refractivity contribution is 5.14. The maximum absolute atomic E-state index is 9.01. The molecule has 0 N–H and O–H groups in total. The van der Waals surface area contributed by atoms with Crippen molar-refractivity contribution >= 4 is 0 Å². The third-order valence-corrected chi connectivity index (χ3v) is 3.10. The average molecular weight is 150 g/mol. The van der Waals surface area contributed by atoms with Gasteiger partial charge in [0, 0.05) is 0 Å². The Morgan fingerprint density at radius 2 is 1.73 bits per heavy atom. The molecule has 11 heavy (non-hydrogen) atoms. The van der Waals surface area contributed by atoms with Crippen molar-refractivity contribution in [2.45, 2.75) is 37.6 Å². The van der Waals surface area contributed by atoms with E-state index in [1.165, 1.54) is 19.3 Å². The number of nitrogens with zero attached hydrogens (tertiary/aromatic N) is 2. The first kappa shape index (κ1) is 7.12. The van der Waals surface area contributed by atoms with Crippen molar-refractivity contribution in [3.8, 4) is 6.07 Å². The van der Waals surface area contributed by atoms with Gasteiger partial charge in [0.15, 0.2) is 0 Å². The topological polar surface area (TPSA) is 27.0 Å². The fraction of sp³-hybridized carbons (Fsp3) is 0.889. The van der Waals surface area contributed by atoms with Gasteiger partial charge in [-0.2, -0.15) is 5.26 Å². The molecule has 0 radical (unpaired) electrons. The summed E-state index contributed by atoms with van der Waals surface area (Å²) >= 11 is 0. The molecule has 0 atom stereocenters. The zero-order valence-electron chi connectivity index (χ0n) is 6.84. The van der Waals surface area contributed by atoms with E-state index in [9.17, 15) is 0 Å². The van der Waals surface area contributed by atoms with E-state index in [1.54, 1.807) is 0 Å². The molecule has 1 saturated carbocycles. The molecule has 0 unspecified atom stereocenters. The summed E-state index contributed by atoms with van der Waals surface area (Å²) in [5.41, 5.74) is -0.0174. The molecule has 1 saturated heterocycles. The number of hydrogen-bond acceptors (Lipinski definition) is 2. The van der Waals surface area contributed by atoms with Gasteiger partial charge in [0.1, 0.15) is 5.54 Å². The number of hydrogen-bond donors (Lipinski definition) is 0. The van der Waals surface area contributed by atoms with Gasteiger partial charge in [-0.15, -0.1) is 0 Å². The first-order valence-corrected chi connectivity index (χ1v) is 4.54. The zero-order valence-corrected chi connectivity index (χ0v) is 6.84. The fourth-order valence-electron chi connectivity index (χ4n) is 2.16. The van der Waals surface area contributed by atoms with Gasteiger partial charge in [-0.1, -0.05) is 0 Å². The maximum Gasteiger partial charge on any atom is 0.109 e. The highest BCUT2D eigenvalue weighted by Crippen LogP contribution is 2.38. The summed E-state index contributed by atoms with van der Waals surface area (Å²) in [6.45, 7) is 2.32. The van der Waals surface area contributed by atoms with E-state index in [0.29, 0.717) is 0 Å². The van der Waals surface area contributed by atoms with Crippen molar-refractivity contribution in [3.63, 3.8) is 0 Å². The summed E-state index contributed by atoms with van der Waals surface area (Å²) in [6.07, 6.45) is 6.07. The van der Waals surface area contributed by atoms with E-state index in [0.717, 1.165) is 25.9 Å². The van der Waals surface area contributed by atoms with E-state index >= 15 is 0 Å². The number of likely N-dealkylation sites (tertiary alicyclic amines) is 1. The van der Waals surface area contributed by atoms with Crippen LogP contribution in [0.1, 0.15) is 32.1 Å². The van der Waals surface area contributed by atoms with E-state index in [-0.39, 0.29) is 5.54 Å². The Balaban J connectivity index is 2.06. The molecule has 2 heteroatoms. The second kappa shape index (κ2) is 2.49. The smallest absolute Gasteiger partial charge is 0.109 e. The monoisotopic (exact) mass is 150 g/mol. The fourth-order valence-corrected chi connectivity index (χ4v) is 2.16. The lowest BCUT2D eigenvalue weighted by Crippen LogP contribution is -2.51. The molecule has 0 bridgehead atoms. The van der Waals surface area contributed by atoms with Crippen LogP contribution in [-0.2, 0) is 0 Å². The normalized spacial score (nSPS) is 29.4. The van der Waals surface area contributed by atoms with E-state index in [1.807, 2.05) is 0 Å². The molecule has 2 aliphatic rings. The molecule has 2 rings (SSSR count). The molecule has 0 spiro atoms. The van der Waals surface area contributed by atoms with Gasteiger partial charge in [0.2, 0.25) is 0 Å². The molecule has 1 heterocycles. The molecule has 0 amide bonds. The predicted molar refractivity (Wildman–Crippen MR) is 43.0 cm³/mol. The van der Waals surface area contributed by atoms with Crippen LogP contribution in [0.2, 0.25) is 0 Å². The molecule has 0 aromatic rings. The Bertz CT molecular complexity index is 182. The van der Waals surface area contributed by atoms with Gasteiger partial charge in [-0.25, -0.2) is 0 Å². The molecule has 0 aromatic heterocycles. The summed E-state index contributed by atoms with van der Waals surface area (Å²) in [4.78, 5) is 2.39. The minimum absolute atomic E-state index is 0.0174. The third-order valence-electron chi connectivity index (χ3n) is 3.10. The van der Waals surface area contributed by atoms with Crippen LogP contribution in [0.5, 0.6) is 0 Å². The van der Waals surface area contributed by atoms with Crippen LogP contribution in [0.15, 0.2) is 0 Å². The molecule has 60 valence electrons. The maximum atomic E-state index is 9.01. The third kappa shape index (κ3) is 0.954. The Labute approximate surface area is 67.8 Å². The van der Waals surface area contributed by atoms with Crippen molar-refractivity contribution in [1.82, 2.24) is 4.90 Å². The van der Waals surface area contributed by atoms with Crippen molar-refractivity contribution in [2.75, 3.05) is 13.1 Å². The first-order chi connectivity index (χ1) is 5.37. The first-order valence-electron chi connectivity index (χ1n) is 4.54. The van der Waals surface area contributed by atoms with Gasteiger partial charge in [0.05, 0.1) is 6.07 Å². The SMILES string of the molecule is N#CC1(N2CCCC2)CCC1. The summed E-state index contributed by atoms with van der Waals surface area (Å²) in [5.74, 6) is 0. The molecule has 0 aromatic carbocycles. The van der Waals surface area contributed by atoms with E-state index in [4.69, 9.17) is 5.26 Å². The second-order valence-electron chi connectivity index (χ2n) is 3.69. The number of nitriles is 1. The van der Waals surface area contributed by atoms with Gasteiger partial charge in [-0.05, 0) is 45.2 Å². The largest absolute Gasteiger partial charge is 0.286 e. The highest BCUT2D eigenvalue weighted by atomic mass is 15.2. The zero-order chi connectivity index (χ0) is 7.73. The van der Waals surface area contributed by atoms with Crippen LogP contribution < -0.4 is 0 Å². The molecule has 2 fully saturated rings. The van der Waals surface area contributed by atoms with Crippen LogP contribution in [0.25, 0.3) is 0 Å². The van der Waals surface area contributed by atoms with Crippen LogP contribution >= 0.6 is 0 Å². The van der Waals surface area contributed by atoms with Crippen LogP contribution in [-0.4, -0.2) is 23.5 Å². The highest BCUT2D eigenvalue weighted by Gasteiger charge is 2.43. The van der Waals surface area contributed by atoms with Crippen LogP contribution in [0.3, 0.4) is 0 Å². The summed E-state index contributed by atoms with van der Waals surface area (Å²) in [6, 6.07) is 2.48. The molecular formula is C9H14N2. The van der Waals surface area contributed by atoms with Gasteiger partial charge in [-0.3, -0.25) is 4.90 Å². The van der Waals surface area contributed by atoms with Crippen LogP contribution in [0, 0.1) is 11.3 Å². The summed E-state index contributed by atoms with van der Waals surface area (Å²) in [5, 5.41) is 9.01. The van der Waals surface area contributed by atoms with Gasteiger partial charge in [0.25, 0.3) is 0 Å². The predicted octanol–water partition coefficient (Wildman–Crippen LogP) is 1.53. The quantitative estimate of drug-likeness (QED) is 0.566. The van der Waals surface area contributed by atoms with Gasteiger partial charge < -0.3 is 0 Å². The van der Waals surface area contributed by atoms with Crippen molar-refractivity contribution in [1.29, 1.82) is 5.26 Å². The second-order valence-corrected chi connectivity index (χ2v) is 3.69. The Kier molecular flexibility index (Phi) is 1.61.